The summed E-state index contributed by atoms with van der Waals surface area (Å²) in [6.45, 7) is 2.25. The van der Waals surface area contributed by atoms with Gasteiger partial charge < -0.3 is 9.42 Å². The van der Waals surface area contributed by atoms with Crippen molar-refractivity contribution in [2.24, 2.45) is 0 Å². The van der Waals surface area contributed by atoms with Crippen molar-refractivity contribution < 1.29 is 22.5 Å². The second-order valence-electron chi connectivity index (χ2n) is 7.66. The molecule has 0 bridgehead atoms. The van der Waals surface area contributed by atoms with Gasteiger partial charge in [-0.3, -0.25) is 4.79 Å². The maximum absolute atomic E-state index is 13.6. The molecule has 1 aliphatic heterocycles. The van der Waals surface area contributed by atoms with Crippen molar-refractivity contribution in [1.29, 1.82) is 0 Å². The van der Waals surface area contributed by atoms with Gasteiger partial charge in [-0.2, -0.15) is 18.3 Å². The lowest BCUT2D eigenvalue weighted by Crippen LogP contribution is -2.31. The number of carbonyl (C=O) groups is 1. The minimum atomic E-state index is -4.59. The summed E-state index contributed by atoms with van der Waals surface area (Å²) in [6, 6.07) is 3.88. The Balaban J connectivity index is 1.53. The molecule has 29 heavy (non-hydrogen) atoms. The number of carbonyl (C=O) groups excluding carboxylic acids is 1. The fourth-order valence-corrected chi connectivity index (χ4v) is 3.90. The van der Waals surface area contributed by atoms with Crippen molar-refractivity contribution in [3.05, 3.63) is 46.7 Å². The van der Waals surface area contributed by atoms with Crippen LogP contribution in [-0.2, 0) is 6.18 Å². The zero-order chi connectivity index (χ0) is 20.3. The Bertz CT molecular complexity index is 1100. The lowest BCUT2D eigenvalue weighted by atomic mass is 10.1. The average molecular weight is 405 g/mol. The van der Waals surface area contributed by atoms with E-state index < -0.39 is 17.8 Å². The number of aromatic nitrogens is 4. The molecule has 0 aromatic carbocycles. The van der Waals surface area contributed by atoms with Gasteiger partial charge in [-0.05, 0) is 38.7 Å². The molecule has 0 radical (unpaired) electrons. The predicted octanol–water partition coefficient (Wildman–Crippen LogP) is 3.90. The molecule has 1 amide bonds. The van der Waals surface area contributed by atoms with E-state index in [1.54, 1.807) is 17.9 Å². The molecule has 3 aromatic heterocycles. The van der Waals surface area contributed by atoms with Crippen LogP contribution in [0.3, 0.4) is 0 Å². The van der Waals surface area contributed by atoms with Gasteiger partial charge in [0.2, 0.25) is 0 Å². The highest BCUT2D eigenvalue weighted by Crippen LogP contribution is 2.41. The molecule has 1 saturated carbocycles. The van der Waals surface area contributed by atoms with E-state index in [0.717, 1.165) is 29.8 Å². The molecule has 7 nitrogen and oxygen atoms in total. The summed E-state index contributed by atoms with van der Waals surface area (Å²) in [6.07, 6.45) is -1.46. The highest BCUT2D eigenvalue weighted by atomic mass is 19.4. The van der Waals surface area contributed by atoms with Gasteiger partial charge in [0, 0.05) is 30.3 Å². The van der Waals surface area contributed by atoms with Crippen LogP contribution in [0.5, 0.6) is 0 Å². The number of likely N-dealkylation sites (tertiary alicyclic amines) is 1. The molecule has 0 N–H and O–H groups in total. The average Bonchev–Trinajstić information content (AvgIpc) is 3.05. The van der Waals surface area contributed by atoms with Crippen molar-refractivity contribution in [3.8, 4) is 0 Å². The van der Waals surface area contributed by atoms with Gasteiger partial charge >= 0.3 is 6.18 Å². The van der Waals surface area contributed by atoms with E-state index in [1.165, 1.54) is 6.07 Å². The van der Waals surface area contributed by atoms with Crippen molar-refractivity contribution in [3.63, 3.8) is 0 Å². The second-order valence-corrected chi connectivity index (χ2v) is 7.66. The first-order valence-electron chi connectivity index (χ1n) is 9.53. The number of rotatable bonds is 3. The van der Waals surface area contributed by atoms with Gasteiger partial charge in [-0.1, -0.05) is 5.16 Å². The Kier molecular flexibility index (Phi) is 3.94. The smallest absolute Gasteiger partial charge is 0.361 e. The third-order valence-electron chi connectivity index (χ3n) is 5.45. The van der Waals surface area contributed by atoms with Crippen LogP contribution in [-0.4, -0.2) is 37.1 Å². The first-order chi connectivity index (χ1) is 13.8. The van der Waals surface area contributed by atoms with Crippen LogP contribution in [0.4, 0.5) is 13.2 Å². The number of hydrogen-bond acceptors (Lipinski definition) is 5. The Labute approximate surface area is 163 Å². The van der Waals surface area contributed by atoms with Crippen molar-refractivity contribution >= 4 is 11.6 Å². The molecule has 5 rings (SSSR count). The maximum Gasteiger partial charge on any atom is 0.433 e. The van der Waals surface area contributed by atoms with Crippen LogP contribution in [0, 0.1) is 6.92 Å². The van der Waals surface area contributed by atoms with Crippen molar-refractivity contribution in [1.82, 2.24) is 24.7 Å². The molecule has 0 spiro atoms. The minimum absolute atomic E-state index is 0.0399. The molecular weight excluding hydrogens is 387 g/mol. The first-order valence-corrected chi connectivity index (χ1v) is 9.53. The van der Waals surface area contributed by atoms with Crippen LogP contribution in [0.1, 0.15) is 71.0 Å². The summed E-state index contributed by atoms with van der Waals surface area (Å²) in [5, 5.41) is 7.97. The van der Waals surface area contributed by atoms with Gasteiger partial charge in [-0.25, -0.2) is 9.50 Å². The monoisotopic (exact) mass is 405 g/mol. The van der Waals surface area contributed by atoms with E-state index in [2.05, 4.69) is 15.2 Å². The number of nitrogens with zero attached hydrogens (tertiary/aromatic N) is 5. The van der Waals surface area contributed by atoms with E-state index in [1.807, 2.05) is 0 Å². The largest absolute Gasteiger partial charge is 0.433 e. The van der Waals surface area contributed by atoms with Crippen LogP contribution < -0.4 is 0 Å². The Hall–Kier alpha value is -2.91. The molecule has 1 aliphatic carbocycles. The van der Waals surface area contributed by atoms with E-state index in [0.29, 0.717) is 30.1 Å². The lowest BCUT2D eigenvalue weighted by molar-refractivity contribution is -0.142. The zero-order valence-corrected chi connectivity index (χ0v) is 15.6. The third-order valence-corrected chi connectivity index (χ3v) is 5.45. The number of halogens is 3. The van der Waals surface area contributed by atoms with Gasteiger partial charge in [0.15, 0.2) is 11.3 Å². The van der Waals surface area contributed by atoms with Crippen LogP contribution in [0.15, 0.2) is 22.7 Å². The molecule has 2 fully saturated rings. The molecule has 10 heteroatoms. The summed E-state index contributed by atoms with van der Waals surface area (Å²) >= 11 is 0. The summed E-state index contributed by atoms with van der Waals surface area (Å²) in [7, 11) is 0. The van der Waals surface area contributed by atoms with Gasteiger partial charge in [0.1, 0.15) is 17.1 Å². The summed E-state index contributed by atoms with van der Waals surface area (Å²) in [5.74, 6) is 0.256. The Morgan fingerprint density at radius 2 is 1.97 bits per heavy atom. The quantitative estimate of drug-likeness (QED) is 0.661. The van der Waals surface area contributed by atoms with Gasteiger partial charge in [0.25, 0.3) is 5.91 Å². The van der Waals surface area contributed by atoms with E-state index in [-0.39, 0.29) is 23.3 Å². The van der Waals surface area contributed by atoms with Crippen molar-refractivity contribution in [2.75, 3.05) is 6.54 Å². The fourth-order valence-electron chi connectivity index (χ4n) is 3.90. The summed E-state index contributed by atoms with van der Waals surface area (Å²) in [4.78, 5) is 19.0. The predicted molar refractivity (Wildman–Crippen MR) is 94.2 cm³/mol. The number of hydrogen-bond donors (Lipinski definition) is 0. The number of aryl methyl sites for hydroxylation is 1. The second kappa shape index (κ2) is 6.30. The highest BCUT2D eigenvalue weighted by Gasteiger charge is 2.39. The standard InChI is InChI=1S/C19H18F3N5O2/c1-10-7-13(25-29-10)15-3-2-6-26(15)18(28)14-9-17-23-12(11-4-5-11)8-16(19(20,21)22)27(17)24-14/h7-9,11,15H,2-6H2,1H3/t15-/m1/s1. The molecule has 1 atom stereocenters. The van der Waals surface area contributed by atoms with Crippen LogP contribution in [0.25, 0.3) is 5.65 Å². The SMILES string of the molecule is Cc1cc([C@H]2CCCN2C(=O)c2cc3nc(C4CC4)cc(C(F)(F)F)n3n2)no1. The van der Waals surface area contributed by atoms with Gasteiger partial charge in [-0.15, -0.1) is 0 Å². The van der Waals surface area contributed by atoms with Gasteiger partial charge in [0.05, 0.1) is 6.04 Å². The molecule has 4 heterocycles. The summed E-state index contributed by atoms with van der Waals surface area (Å²) < 4.78 is 46.6. The summed E-state index contributed by atoms with van der Waals surface area (Å²) in [5.41, 5.74) is 0.123. The molecule has 2 aliphatic rings. The molecule has 3 aromatic rings. The lowest BCUT2D eigenvalue weighted by Gasteiger charge is -2.21. The molecule has 0 unspecified atom stereocenters. The first kappa shape index (κ1) is 18.1. The minimum Gasteiger partial charge on any atom is -0.361 e. The highest BCUT2D eigenvalue weighted by molar-refractivity contribution is 5.93. The Morgan fingerprint density at radius 1 is 1.17 bits per heavy atom. The number of fused-ring (bicyclic) bond motifs is 1. The van der Waals surface area contributed by atoms with E-state index >= 15 is 0 Å². The van der Waals surface area contributed by atoms with Crippen LogP contribution in [0.2, 0.25) is 0 Å². The molecule has 152 valence electrons. The molecular formula is C19H18F3N5O2. The van der Waals surface area contributed by atoms with E-state index in [4.69, 9.17) is 4.52 Å². The molecule has 1 saturated heterocycles. The third kappa shape index (κ3) is 3.16. The van der Waals surface area contributed by atoms with E-state index in [9.17, 15) is 18.0 Å². The Morgan fingerprint density at radius 3 is 2.62 bits per heavy atom. The fraction of sp³-hybridized carbons (Fsp3) is 0.474. The van der Waals surface area contributed by atoms with Crippen molar-refractivity contribution in [2.45, 2.75) is 50.7 Å². The zero-order valence-electron chi connectivity index (χ0n) is 15.6. The normalized spacial score (nSPS) is 20.0. The number of alkyl halides is 3. The number of amides is 1. The van der Waals surface area contributed by atoms with Crippen LogP contribution >= 0.6 is 0 Å². The topological polar surface area (TPSA) is 76.5 Å². The maximum atomic E-state index is 13.6.